The minimum atomic E-state index is -0.0500. The van der Waals surface area contributed by atoms with Crippen molar-refractivity contribution in [3.63, 3.8) is 0 Å². The molecule has 0 saturated carbocycles. The monoisotopic (exact) mass is 278 g/mol. The van der Waals surface area contributed by atoms with Crippen LogP contribution in [0.4, 0.5) is 5.95 Å². The topological polar surface area (TPSA) is 67.4 Å². The third kappa shape index (κ3) is 3.66. The number of carbonyl (C=O) groups is 1. The lowest BCUT2D eigenvalue weighted by Gasteiger charge is -2.26. The summed E-state index contributed by atoms with van der Waals surface area (Å²) < 4.78 is 5.26. The van der Waals surface area contributed by atoms with Crippen LogP contribution in [0.3, 0.4) is 0 Å². The first kappa shape index (κ1) is 14.7. The molecule has 1 N–H and O–H groups in total. The van der Waals surface area contributed by atoms with Gasteiger partial charge in [0.2, 0.25) is 5.95 Å². The summed E-state index contributed by atoms with van der Waals surface area (Å²) in [6.45, 7) is 8.45. The number of amides is 1. The van der Waals surface area contributed by atoms with Gasteiger partial charge in [0.1, 0.15) is 5.69 Å². The molecular weight excluding hydrogens is 256 g/mol. The van der Waals surface area contributed by atoms with E-state index in [1.807, 2.05) is 6.92 Å². The number of rotatable bonds is 4. The quantitative estimate of drug-likeness (QED) is 0.903. The Hall–Kier alpha value is -1.69. The van der Waals surface area contributed by atoms with E-state index in [9.17, 15) is 4.79 Å². The largest absolute Gasteiger partial charge is 0.378 e. The third-order valence-corrected chi connectivity index (χ3v) is 3.36. The number of hydrogen-bond donors (Lipinski definition) is 1. The fraction of sp³-hybridized carbons (Fsp3) is 0.643. The van der Waals surface area contributed by atoms with E-state index in [1.165, 1.54) is 0 Å². The molecule has 1 atom stereocenters. The van der Waals surface area contributed by atoms with Crippen LogP contribution in [0.2, 0.25) is 0 Å². The molecule has 1 aromatic rings. The molecule has 0 bridgehead atoms. The smallest absolute Gasteiger partial charge is 0.272 e. The summed E-state index contributed by atoms with van der Waals surface area (Å²) in [4.78, 5) is 22.9. The molecule has 1 aliphatic heterocycles. The van der Waals surface area contributed by atoms with Crippen molar-refractivity contribution in [3.8, 4) is 0 Å². The highest BCUT2D eigenvalue weighted by Gasteiger charge is 2.20. The van der Waals surface area contributed by atoms with Crippen molar-refractivity contribution in [2.45, 2.75) is 33.2 Å². The highest BCUT2D eigenvalue weighted by atomic mass is 16.5. The summed E-state index contributed by atoms with van der Waals surface area (Å²) in [5.41, 5.74) is 1.24. The van der Waals surface area contributed by atoms with Gasteiger partial charge in [-0.3, -0.25) is 4.79 Å². The fourth-order valence-electron chi connectivity index (χ4n) is 1.99. The molecule has 0 spiro atoms. The molecule has 20 heavy (non-hydrogen) atoms. The molecule has 0 aromatic carbocycles. The predicted molar refractivity (Wildman–Crippen MR) is 76.9 cm³/mol. The van der Waals surface area contributed by atoms with E-state index in [1.54, 1.807) is 11.0 Å². The van der Waals surface area contributed by atoms with E-state index in [-0.39, 0.29) is 11.9 Å². The molecule has 6 heteroatoms. The number of aromatic nitrogens is 2. The zero-order valence-electron chi connectivity index (χ0n) is 12.3. The van der Waals surface area contributed by atoms with Crippen molar-refractivity contribution in [2.75, 3.05) is 31.6 Å². The lowest BCUT2D eigenvalue weighted by Crippen LogP contribution is -2.41. The van der Waals surface area contributed by atoms with Gasteiger partial charge in [-0.2, -0.15) is 0 Å². The molecule has 0 radical (unpaired) electrons. The molecule has 6 nitrogen and oxygen atoms in total. The molecule has 2 rings (SSSR count). The Balaban J connectivity index is 2.16. The van der Waals surface area contributed by atoms with E-state index in [2.05, 4.69) is 29.1 Å². The van der Waals surface area contributed by atoms with Crippen LogP contribution in [0.1, 0.15) is 36.5 Å². The van der Waals surface area contributed by atoms with Gasteiger partial charge < -0.3 is 15.0 Å². The second-order valence-corrected chi connectivity index (χ2v) is 5.08. The van der Waals surface area contributed by atoms with Crippen LogP contribution in [0.5, 0.6) is 0 Å². The minimum absolute atomic E-state index is 0.0500. The first-order chi connectivity index (χ1) is 9.60. The molecule has 1 unspecified atom stereocenters. The van der Waals surface area contributed by atoms with E-state index in [0.29, 0.717) is 37.9 Å². The van der Waals surface area contributed by atoms with Gasteiger partial charge >= 0.3 is 0 Å². The molecule has 0 aliphatic carbocycles. The molecular formula is C14H22N4O2. The Bertz CT molecular complexity index is 472. The average Bonchev–Trinajstić information content (AvgIpc) is 2.46. The molecule has 1 saturated heterocycles. The number of nitrogens with one attached hydrogen (secondary N) is 1. The molecule has 2 heterocycles. The molecule has 110 valence electrons. The Labute approximate surface area is 119 Å². The van der Waals surface area contributed by atoms with Gasteiger partial charge in [0, 0.05) is 24.8 Å². The van der Waals surface area contributed by atoms with Gasteiger partial charge in [-0.25, -0.2) is 9.97 Å². The first-order valence-electron chi connectivity index (χ1n) is 7.09. The predicted octanol–water partition coefficient (Wildman–Crippen LogP) is 1.47. The van der Waals surface area contributed by atoms with Crippen molar-refractivity contribution in [2.24, 2.45) is 0 Å². The summed E-state index contributed by atoms with van der Waals surface area (Å²) in [6, 6.07) is 2.02. The van der Waals surface area contributed by atoms with Crippen molar-refractivity contribution < 1.29 is 9.53 Å². The summed E-state index contributed by atoms with van der Waals surface area (Å²) in [7, 11) is 0. The van der Waals surface area contributed by atoms with Crippen molar-refractivity contribution in [3.05, 3.63) is 17.5 Å². The SMILES string of the molecule is CCC(C)Nc1nc(C)cc(C(=O)N2CCOCC2)n1. The van der Waals surface area contributed by atoms with Crippen LogP contribution in [0.25, 0.3) is 0 Å². The maximum atomic E-state index is 12.4. The second kappa shape index (κ2) is 6.65. The van der Waals surface area contributed by atoms with Crippen LogP contribution >= 0.6 is 0 Å². The molecule has 1 aromatic heterocycles. The standard InChI is InChI=1S/C14H22N4O2/c1-4-10(2)15-14-16-11(3)9-12(17-14)13(19)18-5-7-20-8-6-18/h9-10H,4-8H2,1-3H3,(H,15,16,17). The lowest BCUT2D eigenvalue weighted by atomic mass is 10.2. The Morgan fingerprint density at radius 3 is 2.80 bits per heavy atom. The Morgan fingerprint density at radius 2 is 2.15 bits per heavy atom. The second-order valence-electron chi connectivity index (χ2n) is 5.08. The number of ether oxygens (including phenoxy) is 1. The van der Waals surface area contributed by atoms with Crippen LogP contribution in [-0.4, -0.2) is 53.1 Å². The highest BCUT2D eigenvalue weighted by Crippen LogP contribution is 2.11. The Morgan fingerprint density at radius 1 is 1.45 bits per heavy atom. The molecule has 1 amide bonds. The summed E-state index contributed by atoms with van der Waals surface area (Å²) >= 11 is 0. The van der Waals surface area contributed by atoms with Gasteiger partial charge in [-0.15, -0.1) is 0 Å². The van der Waals surface area contributed by atoms with Crippen LogP contribution < -0.4 is 5.32 Å². The maximum absolute atomic E-state index is 12.4. The van der Waals surface area contributed by atoms with Crippen molar-refractivity contribution in [1.82, 2.24) is 14.9 Å². The molecule has 1 fully saturated rings. The number of carbonyl (C=O) groups excluding carboxylic acids is 1. The highest BCUT2D eigenvalue weighted by molar-refractivity contribution is 5.92. The number of nitrogens with zero attached hydrogens (tertiary/aromatic N) is 3. The minimum Gasteiger partial charge on any atom is -0.378 e. The van der Waals surface area contributed by atoms with Gasteiger partial charge in [0.15, 0.2) is 0 Å². The summed E-state index contributed by atoms with van der Waals surface area (Å²) in [5, 5.41) is 3.21. The molecule has 1 aliphatic rings. The number of morpholine rings is 1. The van der Waals surface area contributed by atoms with Gasteiger partial charge in [-0.05, 0) is 26.3 Å². The fourth-order valence-corrected chi connectivity index (χ4v) is 1.99. The van der Waals surface area contributed by atoms with Crippen LogP contribution in [0.15, 0.2) is 6.07 Å². The van der Waals surface area contributed by atoms with Crippen LogP contribution in [-0.2, 0) is 4.74 Å². The van der Waals surface area contributed by atoms with Crippen LogP contribution in [0, 0.1) is 6.92 Å². The summed E-state index contributed by atoms with van der Waals surface area (Å²) in [6.07, 6.45) is 0.976. The number of hydrogen-bond acceptors (Lipinski definition) is 5. The van der Waals surface area contributed by atoms with Crippen molar-refractivity contribution in [1.29, 1.82) is 0 Å². The van der Waals surface area contributed by atoms with Gasteiger partial charge in [-0.1, -0.05) is 6.92 Å². The normalized spacial score (nSPS) is 16.9. The lowest BCUT2D eigenvalue weighted by molar-refractivity contribution is 0.0299. The number of anilines is 1. The Kier molecular flexibility index (Phi) is 4.89. The maximum Gasteiger partial charge on any atom is 0.272 e. The van der Waals surface area contributed by atoms with E-state index in [0.717, 1.165) is 12.1 Å². The summed E-state index contributed by atoms with van der Waals surface area (Å²) in [5.74, 6) is 0.474. The first-order valence-corrected chi connectivity index (χ1v) is 7.09. The van der Waals surface area contributed by atoms with Gasteiger partial charge in [0.25, 0.3) is 5.91 Å². The average molecular weight is 278 g/mol. The van der Waals surface area contributed by atoms with Gasteiger partial charge in [0.05, 0.1) is 13.2 Å². The zero-order chi connectivity index (χ0) is 14.5. The van der Waals surface area contributed by atoms with E-state index in [4.69, 9.17) is 4.74 Å². The number of aryl methyl sites for hydroxylation is 1. The van der Waals surface area contributed by atoms with E-state index >= 15 is 0 Å². The van der Waals surface area contributed by atoms with Crippen molar-refractivity contribution >= 4 is 11.9 Å². The van der Waals surface area contributed by atoms with E-state index < -0.39 is 0 Å². The zero-order valence-corrected chi connectivity index (χ0v) is 12.3. The third-order valence-electron chi connectivity index (χ3n) is 3.36.